The lowest BCUT2D eigenvalue weighted by molar-refractivity contribution is -0.274. The van der Waals surface area contributed by atoms with Crippen molar-refractivity contribution in [3.63, 3.8) is 0 Å². The molecule has 0 radical (unpaired) electrons. The molecule has 3 aromatic rings. The maximum absolute atomic E-state index is 12.4. The Hall–Kier alpha value is -3.59. The molecule has 34 heavy (non-hydrogen) atoms. The lowest BCUT2D eigenvalue weighted by Gasteiger charge is -2.22. The zero-order valence-electron chi connectivity index (χ0n) is 18.7. The number of amides is 1. The molecule has 0 saturated carbocycles. The molecule has 0 unspecified atom stereocenters. The maximum Gasteiger partial charge on any atom is 0.573 e. The van der Waals surface area contributed by atoms with Crippen molar-refractivity contribution < 1.29 is 22.7 Å². The number of hydrogen-bond acceptors (Lipinski definition) is 5. The third-order valence-electron chi connectivity index (χ3n) is 5.47. The minimum atomic E-state index is -4.74. The normalized spacial score (nSPS) is 14.9. The standard InChI is InChI=1S/C25H25F3N4O2/c1-17-15-23(32-13-2-11-29-12-14-32)31-22-9-6-19(16-21(17)22)30-24(33)10-5-18-3-7-20(8-4-18)34-25(26,27)28/h3-10,15-16,29H,2,11-14H2,1H3,(H,30,33). The van der Waals surface area contributed by atoms with Gasteiger partial charge in [-0.3, -0.25) is 4.79 Å². The number of pyridine rings is 1. The van der Waals surface area contributed by atoms with Crippen LogP contribution in [0.15, 0.2) is 54.6 Å². The third-order valence-corrected chi connectivity index (χ3v) is 5.47. The van der Waals surface area contributed by atoms with Crippen LogP contribution in [0, 0.1) is 6.92 Å². The van der Waals surface area contributed by atoms with Crippen LogP contribution in [0.1, 0.15) is 17.5 Å². The van der Waals surface area contributed by atoms with Crippen LogP contribution in [0.2, 0.25) is 0 Å². The zero-order valence-corrected chi connectivity index (χ0v) is 18.7. The molecule has 0 bridgehead atoms. The predicted octanol–water partition coefficient (Wildman–Crippen LogP) is 4.89. The van der Waals surface area contributed by atoms with Crippen molar-refractivity contribution in [3.05, 3.63) is 65.7 Å². The number of benzene rings is 2. The van der Waals surface area contributed by atoms with Gasteiger partial charge in [-0.05, 0) is 73.5 Å². The number of alkyl halides is 3. The van der Waals surface area contributed by atoms with E-state index in [0.717, 1.165) is 54.9 Å². The lowest BCUT2D eigenvalue weighted by atomic mass is 10.1. The van der Waals surface area contributed by atoms with E-state index in [1.54, 1.807) is 6.07 Å². The number of halogens is 3. The number of nitrogens with zero attached hydrogens (tertiary/aromatic N) is 2. The summed E-state index contributed by atoms with van der Waals surface area (Å²) in [5.41, 5.74) is 3.14. The Morgan fingerprint density at radius 1 is 1.12 bits per heavy atom. The second-order valence-electron chi connectivity index (χ2n) is 8.06. The first kappa shape index (κ1) is 23.6. The summed E-state index contributed by atoms with van der Waals surface area (Å²) in [5.74, 6) is 0.291. The van der Waals surface area contributed by atoms with Gasteiger partial charge in [0, 0.05) is 36.8 Å². The van der Waals surface area contributed by atoms with Gasteiger partial charge in [0.05, 0.1) is 5.52 Å². The molecule has 6 nitrogen and oxygen atoms in total. The van der Waals surface area contributed by atoms with Crippen LogP contribution < -0.4 is 20.3 Å². The fourth-order valence-corrected chi connectivity index (χ4v) is 3.83. The Balaban J connectivity index is 1.43. The highest BCUT2D eigenvalue weighted by Crippen LogP contribution is 2.26. The number of aromatic nitrogens is 1. The number of hydrogen-bond donors (Lipinski definition) is 2. The van der Waals surface area contributed by atoms with Gasteiger partial charge in [-0.25, -0.2) is 4.98 Å². The summed E-state index contributed by atoms with van der Waals surface area (Å²) in [6, 6.07) is 12.9. The minimum Gasteiger partial charge on any atom is -0.406 e. The average Bonchev–Trinajstić information content (AvgIpc) is 3.08. The molecular weight excluding hydrogens is 445 g/mol. The summed E-state index contributed by atoms with van der Waals surface area (Å²) in [4.78, 5) is 19.5. The molecule has 2 N–H and O–H groups in total. The molecule has 0 aliphatic carbocycles. The SMILES string of the molecule is Cc1cc(N2CCCNCC2)nc2ccc(NC(=O)C=Cc3ccc(OC(F)(F)F)cc3)cc12. The Morgan fingerprint density at radius 3 is 2.68 bits per heavy atom. The fraction of sp³-hybridized carbons (Fsp3) is 0.280. The van der Waals surface area contributed by atoms with Gasteiger partial charge in [0.1, 0.15) is 11.6 Å². The molecule has 1 aromatic heterocycles. The van der Waals surface area contributed by atoms with Gasteiger partial charge in [0.15, 0.2) is 0 Å². The Morgan fingerprint density at radius 2 is 1.91 bits per heavy atom. The van der Waals surface area contributed by atoms with Crippen LogP contribution in [-0.2, 0) is 4.79 Å². The molecule has 178 valence electrons. The molecule has 1 amide bonds. The number of rotatable bonds is 5. The van der Waals surface area contributed by atoms with Crippen LogP contribution in [-0.4, -0.2) is 43.4 Å². The van der Waals surface area contributed by atoms with E-state index in [-0.39, 0.29) is 11.7 Å². The van der Waals surface area contributed by atoms with E-state index in [9.17, 15) is 18.0 Å². The van der Waals surface area contributed by atoms with E-state index in [4.69, 9.17) is 4.98 Å². The smallest absolute Gasteiger partial charge is 0.406 e. The largest absolute Gasteiger partial charge is 0.573 e. The van der Waals surface area contributed by atoms with Crippen LogP contribution in [0.3, 0.4) is 0 Å². The highest BCUT2D eigenvalue weighted by atomic mass is 19.4. The Labute approximate surface area is 195 Å². The number of fused-ring (bicyclic) bond motifs is 1. The summed E-state index contributed by atoms with van der Waals surface area (Å²) in [5, 5.41) is 7.17. The van der Waals surface area contributed by atoms with Crippen molar-refractivity contribution in [2.24, 2.45) is 0 Å². The third kappa shape index (κ3) is 6.26. The first-order valence-corrected chi connectivity index (χ1v) is 11.0. The molecule has 2 aromatic carbocycles. The monoisotopic (exact) mass is 470 g/mol. The number of carbonyl (C=O) groups is 1. The van der Waals surface area contributed by atoms with Crippen LogP contribution >= 0.6 is 0 Å². The topological polar surface area (TPSA) is 66.5 Å². The quantitative estimate of drug-likeness (QED) is 0.520. The molecule has 1 saturated heterocycles. The second kappa shape index (κ2) is 10.1. The van der Waals surface area contributed by atoms with Crippen molar-refractivity contribution >= 4 is 34.4 Å². The van der Waals surface area contributed by atoms with Crippen LogP contribution in [0.5, 0.6) is 5.75 Å². The van der Waals surface area contributed by atoms with Crippen molar-refractivity contribution in [1.82, 2.24) is 10.3 Å². The first-order valence-electron chi connectivity index (χ1n) is 11.0. The van der Waals surface area contributed by atoms with E-state index >= 15 is 0 Å². The highest BCUT2D eigenvalue weighted by Gasteiger charge is 2.30. The van der Waals surface area contributed by atoms with Crippen LogP contribution in [0.25, 0.3) is 17.0 Å². The van der Waals surface area contributed by atoms with Gasteiger partial charge in [-0.15, -0.1) is 13.2 Å². The van der Waals surface area contributed by atoms with Crippen molar-refractivity contribution in [1.29, 1.82) is 0 Å². The highest BCUT2D eigenvalue weighted by molar-refractivity contribution is 6.03. The number of ether oxygens (including phenoxy) is 1. The van der Waals surface area contributed by atoms with E-state index in [1.165, 1.54) is 36.4 Å². The van der Waals surface area contributed by atoms with E-state index in [1.807, 2.05) is 19.1 Å². The number of aryl methyl sites for hydroxylation is 1. The molecule has 4 rings (SSSR count). The summed E-state index contributed by atoms with van der Waals surface area (Å²) in [6.07, 6.45) is -0.825. The van der Waals surface area contributed by atoms with Crippen molar-refractivity contribution in [3.8, 4) is 5.75 Å². The average molecular weight is 470 g/mol. The first-order chi connectivity index (χ1) is 16.3. The van der Waals surface area contributed by atoms with Crippen molar-refractivity contribution in [2.75, 3.05) is 36.4 Å². The Bertz CT molecular complexity index is 1190. The van der Waals surface area contributed by atoms with E-state index in [2.05, 4.69) is 26.3 Å². The molecule has 0 spiro atoms. The van der Waals surface area contributed by atoms with Gasteiger partial charge >= 0.3 is 6.36 Å². The molecule has 1 fully saturated rings. The summed E-state index contributed by atoms with van der Waals surface area (Å²) < 4.78 is 40.6. The number of anilines is 2. The molecule has 1 aliphatic heterocycles. The zero-order chi connectivity index (χ0) is 24.1. The number of carbonyl (C=O) groups excluding carboxylic acids is 1. The molecular formula is C25H25F3N4O2. The molecule has 2 heterocycles. The van der Waals surface area contributed by atoms with E-state index < -0.39 is 6.36 Å². The van der Waals surface area contributed by atoms with E-state index in [0.29, 0.717) is 11.3 Å². The van der Waals surface area contributed by atoms with Gasteiger partial charge in [-0.1, -0.05) is 12.1 Å². The lowest BCUT2D eigenvalue weighted by Crippen LogP contribution is -2.28. The van der Waals surface area contributed by atoms with Crippen molar-refractivity contribution in [2.45, 2.75) is 19.7 Å². The van der Waals surface area contributed by atoms with Gasteiger partial charge < -0.3 is 20.3 Å². The van der Waals surface area contributed by atoms with Gasteiger partial charge in [0.25, 0.3) is 0 Å². The molecule has 1 aliphatic rings. The number of nitrogens with one attached hydrogen (secondary N) is 2. The second-order valence-corrected chi connectivity index (χ2v) is 8.06. The molecule has 9 heteroatoms. The maximum atomic E-state index is 12.4. The van der Waals surface area contributed by atoms with Gasteiger partial charge in [0.2, 0.25) is 5.91 Å². The summed E-state index contributed by atoms with van der Waals surface area (Å²) >= 11 is 0. The van der Waals surface area contributed by atoms with Gasteiger partial charge in [-0.2, -0.15) is 0 Å². The fourth-order valence-electron chi connectivity index (χ4n) is 3.83. The van der Waals surface area contributed by atoms with Crippen LogP contribution in [0.4, 0.5) is 24.7 Å². The predicted molar refractivity (Wildman–Crippen MR) is 127 cm³/mol. The molecule has 0 atom stereocenters. The summed E-state index contributed by atoms with van der Waals surface area (Å²) in [7, 11) is 0. The summed E-state index contributed by atoms with van der Waals surface area (Å²) in [6.45, 7) is 5.85. The Kier molecular flexibility index (Phi) is 7.02. The minimum absolute atomic E-state index is 0.315.